The molecular weight excluding hydrogens is 424 g/mol. The first-order valence-corrected chi connectivity index (χ1v) is 13.6. The molecule has 0 bridgehead atoms. The van der Waals surface area contributed by atoms with Crippen molar-refractivity contribution in [2.24, 2.45) is 0 Å². The van der Waals surface area contributed by atoms with Crippen LogP contribution in [-0.2, 0) is 9.47 Å². The summed E-state index contributed by atoms with van der Waals surface area (Å²) in [6, 6.07) is 6.67. The molecule has 0 atom stereocenters. The Morgan fingerprint density at radius 2 is 1.03 bits per heavy atom. The highest BCUT2D eigenvalue weighted by Gasteiger charge is 2.18. The maximum atomic E-state index is 12.5. The molecule has 1 rings (SSSR count). The molecule has 1 aromatic rings. The molecule has 0 aliphatic heterocycles. The molecule has 0 fully saturated rings. The number of hydrogen-bond donors (Lipinski definition) is 0. The molecule has 1 aromatic carbocycles. The van der Waals surface area contributed by atoms with E-state index in [4.69, 9.17) is 9.47 Å². The van der Waals surface area contributed by atoms with Gasteiger partial charge in [0.15, 0.2) is 0 Å². The van der Waals surface area contributed by atoms with Crippen molar-refractivity contribution < 1.29 is 19.1 Å². The molecule has 192 valence electrons. The Labute approximate surface area is 208 Å². The summed E-state index contributed by atoms with van der Waals surface area (Å²) in [7, 11) is 0. The van der Waals surface area contributed by atoms with Gasteiger partial charge in [0.05, 0.1) is 24.3 Å². The zero-order valence-electron chi connectivity index (χ0n) is 21.9. The number of esters is 2. The van der Waals surface area contributed by atoms with E-state index in [-0.39, 0.29) is 17.7 Å². The van der Waals surface area contributed by atoms with E-state index in [1.54, 1.807) is 24.3 Å². The van der Waals surface area contributed by atoms with Crippen molar-refractivity contribution in [3.8, 4) is 0 Å². The second kappa shape index (κ2) is 20.3. The molecular formula is C30H48O4. The monoisotopic (exact) mass is 472 g/mol. The highest BCUT2D eigenvalue weighted by atomic mass is 16.5. The molecule has 0 aliphatic rings. The molecule has 0 radical (unpaired) electrons. The third kappa shape index (κ3) is 14.9. The highest BCUT2D eigenvalue weighted by Crippen LogP contribution is 2.15. The molecule has 0 saturated carbocycles. The zero-order chi connectivity index (χ0) is 24.9. The van der Waals surface area contributed by atoms with Gasteiger partial charge in [-0.3, -0.25) is 0 Å². The number of carbonyl (C=O) groups is 2. The SMILES string of the molecule is C=C(C)CCOC(=O)c1ccccc1C(=O)OCCCCCCCCCCCCCCCCC. The lowest BCUT2D eigenvalue weighted by molar-refractivity contribution is 0.0456. The Morgan fingerprint density at radius 1 is 0.647 bits per heavy atom. The van der Waals surface area contributed by atoms with Gasteiger partial charge in [-0.1, -0.05) is 115 Å². The Balaban J connectivity index is 2.07. The van der Waals surface area contributed by atoms with Crippen molar-refractivity contribution in [1.82, 2.24) is 0 Å². The van der Waals surface area contributed by atoms with Crippen LogP contribution in [0.4, 0.5) is 0 Å². The number of ether oxygens (including phenoxy) is 2. The summed E-state index contributed by atoms with van der Waals surface area (Å²) >= 11 is 0. The van der Waals surface area contributed by atoms with E-state index in [0.29, 0.717) is 13.0 Å². The Hall–Kier alpha value is -2.10. The first-order chi connectivity index (χ1) is 16.6. The molecule has 4 heteroatoms. The molecule has 0 saturated heterocycles. The summed E-state index contributed by atoms with van der Waals surface area (Å²) in [5.41, 5.74) is 1.47. The van der Waals surface area contributed by atoms with Crippen molar-refractivity contribution in [2.75, 3.05) is 13.2 Å². The number of rotatable bonds is 21. The topological polar surface area (TPSA) is 52.6 Å². The number of hydrogen-bond acceptors (Lipinski definition) is 4. The second-order valence-corrected chi connectivity index (χ2v) is 9.47. The summed E-state index contributed by atoms with van der Waals surface area (Å²) in [6.07, 6.45) is 20.1. The molecule has 34 heavy (non-hydrogen) atoms. The maximum absolute atomic E-state index is 12.5. The van der Waals surface area contributed by atoms with E-state index in [0.717, 1.165) is 18.4 Å². The van der Waals surface area contributed by atoms with Crippen molar-refractivity contribution in [3.05, 3.63) is 47.5 Å². The molecule has 0 aromatic heterocycles. The van der Waals surface area contributed by atoms with E-state index < -0.39 is 11.9 Å². The fourth-order valence-corrected chi connectivity index (χ4v) is 3.95. The average Bonchev–Trinajstić information content (AvgIpc) is 2.83. The standard InChI is InChI=1S/C30H48O4/c1-4-5-6-7-8-9-10-11-12-13-14-15-16-17-20-24-33-29(31)27-21-18-19-22-28(27)30(32)34-25-23-26(2)3/h18-19,21-22H,2,4-17,20,23-25H2,1,3H3. The van der Waals surface area contributed by atoms with Crippen LogP contribution in [-0.4, -0.2) is 25.2 Å². The van der Waals surface area contributed by atoms with E-state index in [1.807, 2.05) is 6.92 Å². The molecule has 0 unspecified atom stereocenters. The first-order valence-electron chi connectivity index (χ1n) is 13.6. The van der Waals surface area contributed by atoms with Gasteiger partial charge in [0.25, 0.3) is 0 Å². The van der Waals surface area contributed by atoms with E-state index in [1.165, 1.54) is 83.5 Å². The maximum Gasteiger partial charge on any atom is 0.339 e. The minimum atomic E-state index is -0.499. The smallest absolute Gasteiger partial charge is 0.339 e. The van der Waals surface area contributed by atoms with Crippen LogP contribution >= 0.6 is 0 Å². The lowest BCUT2D eigenvalue weighted by Crippen LogP contribution is -2.15. The van der Waals surface area contributed by atoms with Crippen molar-refractivity contribution in [2.45, 2.75) is 117 Å². The van der Waals surface area contributed by atoms with Gasteiger partial charge >= 0.3 is 11.9 Å². The van der Waals surface area contributed by atoms with Gasteiger partial charge in [0.2, 0.25) is 0 Å². The van der Waals surface area contributed by atoms with Crippen molar-refractivity contribution in [1.29, 1.82) is 0 Å². The third-order valence-electron chi connectivity index (χ3n) is 6.11. The minimum Gasteiger partial charge on any atom is -0.462 e. The molecule has 0 spiro atoms. The minimum absolute atomic E-state index is 0.255. The van der Waals surface area contributed by atoms with Gasteiger partial charge in [-0.25, -0.2) is 9.59 Å². The van der Waals surface area contributed by atoms with Crippen LogP contribution in [0.1, 0.15) is 137 Å². The van der Waals surface area contributed by atoms with Crippen molar-refractivity contribution >= 4 is 11.9 Å². The normalized spacial score (nSPS) is 10.8. The fraction of sp³-hybridized carbons (Fsp3) is 0.667. The quantitative estimate of drug-likeness (QED) is 0.102. The van der Waals surface area contributed by atoms with Gasteiger partial charge in [0.1, 0.15) is 0 Å². The van der Waals surface area contributed by atoms with Gasteiger partial charge in [-0.05, 0) is 25.5 Å². The van der Waals surface area contributed by atoms with Crippen LogP contribution in [0.3, 0.4) is 0 Å². The van der Waals surface area contributed by atoms with E-state index in [9.17, 15) is 9.59 Å². The summed E-state index contributed by atoms with van der Waals surface area (Å²) in [5.74, 6) is -0.960. The lowest BCUT2D eigenvalue weighted by atomic mass is 10.0. The number of carbonyl (C=O) groups excluding carboxylic acids is 2. The average molecular weight is 473 g/mol. The van der Waals surface area contributed by atoms with Gasteiger partial charge in [-0.2, -0.15) is 0 Å². The van der Waals surface area contributed by atoms with Gasteiger partial charge in [-0.15, -0.1) is 6.58 Å². The van der Waals surface area contributed by atoms with Crippen LogP contribution in [0, 0.1) is 0 Å². The molecule has 0 heterocycles. The second-order valence-electron chi connectivity index (χ2n) is 9.47. The zero-order valence-corrected chi connectivity index (χ0v) is 21.9. The summed E-state index contributed by atoms with van der Waals surface area (Å²) < 4.78 is 10.7. The molecule has 0 aliphatic carbocycles. The van der Waals surface area contributed by atoms with Crippen molar-refractivity contribution in [3.63, 3.8) is 0 Å². The molecule has 4 nitrogen and oxygen atoms in total. The summed E-state index contributed by atoms with van der Waals surface area (Å²) in [6.45, 7) is 8.60. The lowest BCUT2D eigenvalue weighted by Gasteiger charge is -2.10. The third-order valence-corrected chi connectivity index (χ3v) is 6.11. The fourth-order valence-electron chi connectivity index (χ4n) is 3.95. The van der Waals surface area contributed by atoms with Crippen LogP contribution in [0.2, 0.25) is 0 Å². The van der Waals surface area contributed by atoms with Crippen LogP contribution in [0.5, 0.6) is 0 Å². The number of unbranched alkanes of at least 4 members (excludes halogenated alkanes) is 14. The Kier molecular flexibility index (Phi) is 17.9. The van der Waals surface area contributed by atoms with Gasteiger partial charge in [0, 0.05) is 6.42 Å². The first kappa shape index (κ1) is 29.9. The summed E-state index contributed by atoms with van der Waals surface area (Å²) in [4.78, 5) is 24.8. The largest absolute Gasteiger partial charge is 0.462 e. The predicted octanol–water partition coefficient (Wildman–Crippen LogP) is 8.84. The molecule has 0 N–H and O–H groups in total. The van der Waals surface area contributed by atoms with Crippen LogP contribution < -0.4 is 0 Å². The Morgan fingerprint density at radius 3 is 1.44 bits per heavy atom. The van der Waals surface area contributed by atoms with Gasteiger partial charge < -0.3 is 9.47 Å². The molecule has 0 amide bonds. The predicted molar refractivity (Wildman–Crippen MR) is 141 cm³/mol. The number of benzene rings is 1. The highest BCUT2D eigenvalue weighted by molar-refractivity contribution is 6.03. The Bertz CT molecular complexity index is 695. The van der Waals surface area contributed by atoms with E-state index >= 15 is 0 Å². The van der Waals surface area contributed by atoms with Crippen LogP contribution in [0.25, 0.3) is 0 Å². The summed E-state index contributed by atoms with van der Waals surface area (Å²) in [5, 5.41) is 0. The van der Waals surface area contributed by atoms with Crippen LogP contribution in [0.15, 0.2) is 36.4 Å². The van der Waals surface area contributed by atoms with E-state index in [2.05, 4.69) is 13.5 Å².